The molecule has 0 atom stereocenters. The van der Waals surface area contributed by atoms with Crippen LogP contribution in [0.4, 0.5) is 0 Å². The smallest absolute Gasteiger partial charge is 0.251 e. The normalized spacial score (nSPS) is 10.4. The Balaban J connectivity index is 1.58. The molecule has 0 saturated heterocycles. The van der Waals surface area contributed by atoms with Gasteiger partial charge in [-0.2, -0.15) is 15.0 Å². The number of rotatable bonds is 7. The van der Waals surface area contributed by atoms with Crippen molar-refractivity contribution in [3.63, 3.8) is 0 Å². The molecule has 0 unspecified atom stereocenters. The van der Waals surface area contributed by atoms with E-state index in [9.17, 15) is 4.79 Å². The molecule has 26 heavy (non-hydrogen) atoms. The predicted octanol–water partition coefficient (Wildman–Crippen LogP) is 2.26. The van der Waals surface area contributed by atoms with Gasteiger partial charge in [-0.3, -0.25) is 4.79 Å². The number of aromatic nitrogens is 3. The van der Waals surface area contributed by atoms with E-state index in [1.54, 1.807) is 43.4 Å². The average molecular weight is 352 g/mol. The van der Waals surface area contributed by atoms with Crippen molar-refractivity contribution in [2.24, 2.45) is 0 Å². The minimum atomic E-state index is -0.197. The van der Waals surface area contributed by atoms with E-state index in [1.807, 2.05) is 30.3 Å². The van der Waals surface area contributed by atoms with Crippen LogP contribution in [0.3, 0.4) is 0 Å². The molecular formula is C19H20N4O3. The molecule has 1 N–H and O–H groups in total. The summed E-state index contributed by atoms with van der Waals surface area (Å²) in [6, 6.07) is 14.7. The highest BCUT2D eigenvalue weighted by Gasteiger charge is 2.10. The number of hydrogen-bond donors (Lipinski definition) is 1. The number of methoxy groups -OCH3 is 2. The molecule has 1 aromatic heterocycles. The number of amides is 1. The molecule has 3 aromatic rings. The molecule has 7 nitrogen and oxygen atoms in total. The van der Waals surface area contributed by atoms with E-state index in [0.29, 0.717) is 30.0 Å². The fourth-order valence-corrected chi connectivity index (χ4v) is 2.44. The number of hydrogen-bond acceptors (Lipinski definition) is 5. The zero-order valence-electron chi connectivity index (χ0n) is 14.7. The highest BCUT2D eigenvalue weighted by atomic mass is 16.5. The van der Waals surface area contributed by atoms with E-state index in [2.05, 4.69) is 15.5 Å². The summed E-state index contributed by atoms with van der Waals surface area (Å²) in [6.07, 6.45) is 2.29. The van der Waals surface area contributed by atoms with Gasteiger partial charge in [-0.05, 0) is 24.3 Å². The van der Waals surface area contributed by atoms with Gasteiger partial charge in [0.2, 0.25) is 0 Å². The molecule has 134 valence electrons. The van der Waals surface area contributed by atoms with Gasteiger partial charge in [0, 0.05) is 24.6 Å². The van der Waals surface area contributed by atoms with Crippen molar-refractivity contribution in [1.82, 2.24) is 20.3 Å². The van der Waals surface area contributed by atoms with E-state index in [4.69, 9.17) is 9.47 Å². The van der Waals surface area contributed by atoms with Gasteiger partial charge in [0.25, 0.3) is 5.91 Å². The van der Waals surface area contributed by atoms with Crippen molar-refractivity contribution in [3.05, 3.63) is 66.0 Å². The van der Waals surface area contributed by atoms with Crippen LogP contribution < -0.4 is 14.8 Å². The second kappa shape index (κ2) is 8.15. The molecule has 1 amide bonds. The first-order chi connectivity index (χ1) is 12.7. The maximum absolute atomic E-state index is 12.3. The van der Waals surface area contributed by atoms with Crippen molar-refractivity contribution >= 4 is 5.91 Å². The maximum Gasteiger partial charge on any atom is 0.251 e. The summed E-state index contributed by atoms with van der Waals surface area (Å²) in [4.78, 5) is 13.9. The van der Waals surface area contributed by atoms with Crippen molar-refractivity contribution < 1.29 is 14.3 Å². The van der Waals surface area contributed by atoms with Crippen molar-refractivity contribution in [1.29, 1.82) is 0 Å². The van der Waals surface area contributed by atoms with Crippen LogP contribution in [0.5, 0.6) is 11.5 Å². The number of carbonyl (C=O) groups excluding carboxylic acids is 1. The van der Waals surface area contributed by atoms with Gasteiger partial charge in [0.15, 0.2) is 0 Å². The van der Waals surface area contributed by atoms with Crippen LogP contribution in [0.2, 0.25) is 0 Å². The quantitative estimate of drug-likeness (QED) is 0.706. The molecule has 0 saturated carbocycles. The second-order valence-electron chi connectivity index (χ2n) is 5.57. The van der Waals surface area contributed by atoms with Crippen molar-refractivity contribution in [2.75, 3.05) is 20.8 Å². The number of carbonyl (C=O) groups is 1. The molecule has 0 aliphatic heterocycles. The van der Waals surface area contributed by atoms with Gasteiger partial charge < -0.3 is 14.8 Å². The highest BCUT2D eigenvalue weighted by molar-refractivity contribution is 5.95. The van der Waals surface area contributed by atoms with Crippen molar-refractivity contribution in [3.8, 4) is 17.2 Å². The third-order valence-corrected chi connectivity index (χ3v) is 3.81. The molecule has 0 radical (unpaired) electrons. The lowest BCUT2D eigenvalue weighted by Crippen LogP contribution is -2.25. The summed E-state index contributed by atoms with van der Waals surface area (Å²) < 4.78 is 10.4. The van der Waals surface area contributed by atoms with E-state index in [-0.39, 0.29) is 5.91 Å². The van der Waals surface area contributed by atoms with Crippen LogP contribution in [0.25, 0.3) is 5.69 Å². The lowest BCUT2D eigenvalue weighted by atomic mass is 10.2. The van der Waals surface area contributed by atoms with E-state index in [1.165, 1.54) is 0 Å². The monoisotopic (exact) mass is 352 g/mol. The Hall–Kier alpha value is -3.35. The molecule has 0 aliphatic carbocycles. The number of ether oxygens (including phenoxy) is 2. The second-order valence-corrected chi connectivity index (χ2v) is 5.57. The van der Waals surface area contributed by atoms with Gasteiger partial charge in [0.05, 0.1) is 31.8 Å². The molecule has 0 bridgehead atoms. The summed E-state index contributed by atoms with van der Waals surface area (Å²) in [5, 5.41) is 11.5. The van der Waals surface area contributed by atoms with Gasteiger partial charge in [-0.15, -0.1) is 0 Å². The topological polar surface area (TPSA) is 78.3 Å². The van der Waals surface area contributed by atoms with Crippen LogP contribution in [-0.2, 0) is 6.42 Å². The fourth-order valence-electron chi connectivity index (χ4n) is 2.44. The van der Waals surface area contributed by atoms with Gasteiger partial charge >= 0.3 is 0 Å². The minimum absolute atomic E-state index is 0.197. The zero-order valence-corrected chi connectivity index (χ0v) is 14.7. The van der Waals surface area contributed by atoms with Crippen LogP contribution in [-0.4, -0.2) is 41.7 Å². The SMILES string of the molecule is COc1cc(OC)cc(C(=O)NCCc2cnn(-c3ccccc3)n2)c1. The molecule has 0 aliphatic rings. The van der Waals surface area contributed by atoms with Gasteiger partial charge in [-0.25, -0.2) is 0 Å². The Bertz CT molecular complexity index is 855. The lowest BCUT2D eigenvalue weighted by molar-refractivity contribution is 0.0953. The highest BCUT2D eigenvalue weighted by Crippen LogP contribution is 2.22. The van der Waals surface area contributed by atoms with Gasteiger partial charge in [-0.1, -0.05) is 18.2 Å². The third kappa shape index (κ3) is 4.18. The first-order valence-electron chi connectivity index (χ1n) is 8.17. The largest absolute Gasteiger partial charge is 0.497 e. The molecule has 3 rings (SSSR count). The predicted molar refractivity (Wildman–Crippen MR) is 96.9 cm³/mol. The van der Waals surface area contributed by atoms with Crippen molar-refractivity contribution in [2.45, 2.75) is 6.42 Å². The molecule has 1 heterocycles. The summed E-state index contributed by atoms with van der Waals surface area (Å²) >= 11 is 0. The third-order valence-electron chi connectivity index (χ3n) is 3.81. The minimum Gasteiger partial charge on any atom is -0.497 e. The van der Waals surface area contributed by atoms with Gasteiger partial charge in [0.1, 0.15) is 11.5 Å². The summed E-state index contributed by atoms with van der Waals surface area (Å²) in [5.41, 5.74) is 2.18. The number of para-hydroxylation sites is 1. The number of nitrogens with zero attached hydrogens (tertiary/aromatic N) is 3. The molecule has 0 spiro atoms. The fraction of sp³-hybridized carbons (Fsp3) is 0.211. The van der Waals surface area contributed by atoms with Crippen LogP contribution >= 0.6 is 0 Å². The van der Waals surface area contributed by atoms with Crippen LogP contribution in [0, 0.1) is 0 Å². The van der Waals surface area contributed by atoms with E-state index >= 15 is 0 Å². The Kier molecular flexibility index (Phi) is 5.48. The van der Waals surface area contributed by atoms with Crippen LogP contribution in [0.1, 0.15) is 16.1 Å². The summed E-state index contributed by atoms with van der Waals surface area (Å²) in [6.45, 7) is 0.450. The maximum atomic E-state index is 12.3. The Morgan fingerprint density at radius 3 is 2.42 bits per heavy atom. The Labute approximate surface area is 151 Å². The zero-order chi connectivity index (χ0) is 18.4. The first-order valence-corrected chi connectivity index (χ1v) is 8.17. The van der Waals surface area contributed by atoms with Crippen LogP contribution in [0.15, 0.2) is 54.7 Å². The molecule has 0 fully saturated rings. The lowest BCUT2D eigenvalue weighted by Gasteiger charge is -2.08. The average Bonchev–Trinajstić information content (AvgIpc) is 3.17. The van der Waals surface area contributed by atoms with E-state index in [0.717, 1.165) is 11.4 Å². The summed E-state index contributed by atoms with van der Waals surface area (Å²) in [7, 11) is 3.10. The molecule has 7 heteroatoms. The molecule has 2 aromatic carbocycles. The Morgan fingerprint density at radius 1 is 1.08 bits per heavy atom. The summed E-state index contributed by atoms with van der Waals surface area (Å²) in [5.74, 6) is 0.943. The number of benzene rings is 2. The Morgan fingerprint density at radius 2 is 1.77 bits per heavy atom. The first kappa shape index (κ1) is 17.5. The molecular weight excluding hydrogens is 332 g/mol. The van der Waals surface area contributed by atoms with E-state index < -0.39 is 0 Å². The number of nitrogens with one attached hydrogen (secondary N) is 1. The standard InChI is InChI=1S/C19H20N4O3/c1-25-17-10-14(11-18(12-17)26-2)19(24)20-9-8-15-13-21-23(22-15)16-6-4-3-5-7-16/h3-7,10-13H,8-9H2,1-2H3,(H,20,24).